The largest absolute Gasteiger partial charge is 0.467 e. The number of hydrogen-bond acceptors (Lipinski definition) is 7. The first-order chi connectivity index (χ1) is 18.0. The van der Waals surface area contributed by atoms with E-state index < -0.39 is 0 Å². The van der Waals surface area contributed by atoms with Crippen LogP contribution < -0.4 is 15.4 Å². The van der Waals surface area contributed by atoms with Gasteiger partial charge in [-0.3, -0.25) is 9.59 Å². The fraction of sp³-hybridized carbons (Fsp3) is 0.286. The molecule has 37 heavy (non-hydrogen) atoms. The molecule has 1 aromatic heterocycles. The molecule has 0 saturated heterocycles. The summed E-state index contributed by atoms with van der Waals surface area (Å²) in [5, 5.41) is 5.80. The molecule has 2 aliphatic heterocycles. The SMILES string of the molecule is COc1ncc(C2=CCC(C(=O)NCc3cccc(C(=O)Nc4ccc5c(c4)CN(C)CC5)c3)S2)cn1. The van der Waals surface area contributed by atoms with E-state index in [9.17, 15) is 9.59 Å². The second kappa shape index (κ2) is 11.1. The third-order valence-electron chi connectivity index (χ3n) is 6.50. The van der Waals surface area contributed by atoms with Gasteiger partial charge in [0.05, 0.1) is 12.4 Å². The Balaban J connectivity index is 1.15. The molecule has 0 saturated carbocycles. The van der Waals surface area contributed by atoms with Crippen LogP contribution in [0.2, 0.25) is 0 Å². The monoisotopic (exact) mass is 515 g/mol. The van der Waals surface area contributed by atoms with Crippen molar-refractivity contribution in [2.75, 3.05) is 26.0 Å². The molecule has 0 bridgehead atoms. The average molecular weight is 516 g/mol. The average Bonchev–Trinajstić information content (AvgIpc) is 3.42. The van der Waals surface area contributed by atoms with Gasteiger partial charge in [0.15, 0.2) is 0 Å². The molecule has 2 N–H and O–H groups in total. The molecular weight excluding hydrogens is 486 g/mol. The summed E-state index contributed by atoms with van der Waals surface area (Å²) >= 11 is 1.50. The van der Waals surface area contributed by atoms with E-state index in [1.807, 2.05) is 30.3 Å². The third-order valence-corrected chi connectivity index (χ3v) is 7.84. The number of fused-ring (bicyclic) bond motifs is 1. The van der Waals surface area contributed by atoms with Crippen molar-refractivity contribution in [3.05, 3.63) is 88.8 Å². The number of likely N-dealkylation sites (N-methyl/N-ethyl adjacent to an activating group) is 1. The molecule has 0 radical (unpaired) electrons. The van der Waals surface area contributed by atoms with Gasteiger partial charge in [-0.2, -0.15) is 0 Å². The normalized spacial score (nSPS) is 17.0. The lowest BCUT2D eigenvalue weighted by Gasteiger charge is -2.25. The van der Waals surface area contributed by atoms with Crippen LogP contribution in [0.25, 0.3) is 4.91 Å². The molecule has 8 nitrogen and oxygen atoms in total. The number of allylic oxidation sites excluding steroid dienone is 1. The Morgan fingerprint density at radius 1 is 1.14 bits per heavy atom. The third kappa shape index (κ3) is 6.00. The zero-order valence-electron chi connectivity index (χ0n) is 20.9. The maximum absolute atomic E-state index is 12.9. The molecule has 3 heterocycles. The van der Waals surface area contributed by atoms with E-state index in [0.717, 1.165) is 41.2 Å². The molecule has 2 amide bonds. The molecule has 2 aliphatic rings. The highest BCUT2D eigenvalue weighted by Crippen LogP contribution is 2.39. The Morgan fingerprint density at radius 2 is 1.97 bits per heavy atom. The number of carbonyl (C=O) groups is 2. The number of aromatic nitrogens is 2. The van der Waals surface area contributed by atoms with Gasteiger partial charge in [0, 0.05) is 53.7 Å². The van der Waals surface area contributed by atoms with E-state index >= 15 is 0 Å². The van der Waals surface area contributed by atoms with Gasteiger partial charge in [-0.25, -0.2) is 9.97 Å². The highest BCUT2D eigenvalue weighted by Gasteiger charge is 2.26. The lowest BCUT2D eigenvalue weighted by Crippen LogP contribution is -2.31. The second-order valence-electron chi connectivity index (χ2n) is 9.21. The molecule has 1 atom stereocenters. The number of ether oxygens (including phenoxy) is 1. The molecule has 190 valence electrons. The number of amides is 2. The Kier molecular flexibility index (Phi) is 7.52. The summed E-state index contributed by atoms with van der Waals surface area (Å²) in [7, 11) is 3.63. The van der Waals surface area contributed by atoms with Crippen LogP contribution in [0.3, 0.4) is 0 Å². The highest BCUT2D eigenvalue weighted by atomic mass is 32.2. The number of thioether (sulfide) groups is 1. The van der Waals surface area contributed by atoms with Gasteiger partial charge in [-0.05, 0) is 60.8 Å². The summed E-state index contributed by atoms with van der Waals surface area (Å²) in [5.74, 6) is -0.209. The van der Waals surface area contributed by atoms with E-state index in [1.165, 1.54) is 30.0 Å². The fourth-order valence-electron chi connectivity index (χ4n) is 4.46. The van der Waals surface area contributed by atoms with E-state index in [0.29, 0.717) is 24.5 Å². The summed E-state index contributed by atoms with van der Waals surface area (Å²) in [6, 6.07) is 13.8. The van der Waals surface area contributed by atoms with E-state index in [-0.39, 0.29) is 17.1 Å². The van der Waals surface area contributed by atoms with Crippen LogP contribution in [0.5, 0.6) is 6.01 Å². The van der Waals surface area contributed by atoms with Gasteiger partial charge >= 0.3 is 6.01 Å². The molecule has 3 aromatic rings. The topological polar surface area (TPSA) is 96.4 Å². The zero-order chi connectivity index (χ0) is 25.8. The number of hydrogen-bond donors (Lipinski definition) is 2. The number of rotatable bonds is 7. The van der Waals surface area contributed by atoms with E-state index in [2.05, 4.69) is 44.7 Å². The Labute approximate surface area is 220 Å². The van der Waals surface area contributed by atoms with Crippen LogP contribution in [-0.2, 0) is 24.3 Å². The van der Waals surface area contributed by atoms with Gasteiger partial charge in [-0.1, -0.05) is 24.3 Å². The van der Waals surface area contributed by atoms with Crippen molar-refractivity contribution in [2.45, 2.75) is 31.2 Å². The van der Waals surface area contributed by atoms with Crippen molar-refractivity contribution in [2.24, 2.45) is 0 Å². The molecular formula is C28H29N5O3S. The van der Waals surface area contributed by atoms with Crippen molar-refractivity contribution in [1.82, 2.24) is 20.2 Å². The number of methoxy groups -OCH3 is 1. The highest BCUT2D eigenvalue weighted by molar-refractivity contribution is 8.09. The maximum atomic E-state index is 12.9. The lowest BCUT2D eigenvalue weighted by atomic mass is 9.99. The van der Waals surface area contributed by atoms with E-state index in [1.54, 1.807) is 18.5 Å². The Morgan fingerprint density at radius 3 is 2.78 bits per heavy atom. The summed E-state index contributed by atoms with van der Waals surface area (Å²) in [4.78, 5) is 37.2. The van der Waals surface area contributed by atoms with Gasteiger partial charge in [-0.15, -0.1) is 11.8 Å². The van der Waals surface area contributed by atoms with Gasteiger partial charge in [0.1, 0.15) is 0 Å². The number of anilines is 1. The molecule has 5 rings (SSSR count). The van der Waals surface area contributed by atoms with Crippen molar-refractivity contribution < 1.29 is 14.3 Å². The predicted molar refractivity (Wildman–Crippen MR) is 145 cm³/mol. The predicted octanol–water partition coefficient (Wildman–Crippen LogP) is 3.89. The number of nitrogens with zero attached hydrogens (tertiary/aromatic N) is 3. The van der Waals surface area contributed by atoms with Crippen LogP contribution in [-0.4, -0.2) is 52.6 Å². The molecule has 2 aromatic carbocycles. The minimum Gasteiger partial charge on any atom is -0.467 e. The molecule has 0 fully saturated rings. The number of benzene rings is 2. The standard InChI is InChI=1S/C28H29N5O3S/c1-33-11-10-19-6-7-23(13-21(19)17-33)32-26(34)20-5-3-4-18(12-20)14-29-27(35)25-9-8-24(37-25)22-15-30-28(36-2)31-16-22/h3-8,12-13,15-16,25H,9-11,14,17H2,1-2H3,(H,29,35)(H,32,34). The summed E-state index contributed by atoms with van der Waals surface area (Å²) < 4.78 is 5.00. The van der Waals surface area contributed by atoms with Crippen LogP contribution in [0.1, 0.15) is 39.0 Å². The van der Waals surface area contributed by atoms with Crippen LogP contribution in [0.4, 0.5) is 5.69 Å². The fourth-order valence-corrected chi connectivity index (χ4v) is 5.59. The van der Waals surface area contributed by atoms with Crippen LogP contribution >= 0.6 is 11.8 Å². The molecule has 9 heteroatoms. The molecule has 1 unspecified atom stereocenters. The summed E-state index contributed by atoms with van der Waals surface area (Å²) in [5.41, 5.74) is 5.68. The van der Waals surface area contributed by atoms with Crippen LogP contribution in [0.15, 0.2) is 60.9 Å². The zero-order valence-corrected chi connectivity index (χ0v) is 21.7. The molecule has 0 spiro atoms. The number of carbonyl (C=O) groups excluding carboxylic acids is 2. The number of nitrogens with one attached hydrogen (secondary N) is 2. The molecule has 0 aliphatic carbocycles. The van der Waals surface area contributed by atoms with Gasteiger partial charge in [0.25, 0.3) is 5.91 Å². The summed E-state index contributed by atoms with van der Waals surface area (Å²) in [6.07, 6.45) is 7.09. The Hall–Kier alpha value is -3.69. The van der Waals surface area contributed by atoms with Gasteiger partial charge in [0.2, 0.25) is 5.91 Å². The first kappa shape index (κ1) is 25.0. The lowest BCUT2D eigenvalue weighted by molar-refractivity contribution is -0.120. The Bertz CT molecular complexity index is 1340. The smallest absolute Gasteiger partial charge is 0.316 e. The first-order valence-corrected chi connectivity index (χ1v) is 13.1. The minimum atomic E-state index is -0.216. The van der Waals surface area contributed by atoms with Crippen molar-refractivity contribution in [3.63, 3.8) is 0 Å². The van der Waals surface area contributed by atoms with E-state index in [4.69, 9.17) is 4.74 Å². The maximum Gasteiger partial charge on any atom is 0.316 e. The van der Waals surface area contributed by atoms with Gasteiger partial charge < -0.3 is 20.3 Å². The quantitative estimate of drug-likeness (QED) is 0.493. The summed E-state index contributed by atoms with van der Waals surface area (Å²) in [6.45, 7) is 2.29. The minimum absolute atomic E-state index is 0.0421. The van der Waals surface area contributed by atoms with Crippen molar-refractivity contribution in [1.29, 1.82) is 0 Å². The first-order valence-electron chi connectivity index (χ1n) is 12.2. The van der Waals surface area contributed by atoms with Crippen molar-refractivity contribution in [3.8, 4) is 6.01 Å². The van der Waals surface area contributed by atoms with Crippen molar-refractivity contribution >= 4 is 34.2 Å². The second-order valence-corrected chi connectivity index (χ2v) is 10.5. The van der Waals surface area contributed by atoms with Crippen LogP contribution in [0, 0.1) is 0 Å².